The van der Waals surface area contributed by atoms with Gasteiger partial charge in [-0.15, -0.1) is 0 Å². The van der Waals surface area contributed by atoms with Gasteiger partial charge < -0.3 is 23.9 Å². The van der Waals surface area contributed by atoms with Crippen molar-refractivity contribution in [2.24, 2.45) is 0 Å². The van der Waals surface area contributed by atoms with Crippen molar-refractivity contribution in [2.45, 2.75) is 26.0 Å². The van der Waals surface area contributed by atoms with Gasteiger partial charge in [0, 0.05) is 31.7 Å². The Kier molecular flexibility index (Phi) is 7.91. The number of ether oxygens (including phenoxy) is 2. The van der Waals surface area contributed by atoms with Gasteiger partial charge in [-0.2, -0.15) is 0 Å². The first kappa shape index (κ1) is 25.8. The molecular formula is C30H32N2O6. The number of ketones is 1. The highest BCUT2D eigenvalue weighted by Crippen LogP contribution is 2.39. The summed E-state index contributed by atoms with van der Waals surface area (Å²) < 4.78 is 16.9. The molecule has 8 heteroatoms. The van der Waals surface area contributed by atoms with E-state index in [0.717, 1.165) is 30.8 Å². The van der Waals surface area contributed by atoms with Crippen LogP contribution in [0, 0.1) is 6.92 Å². The van der Waals surface area contributed by atoms with Gasteiger partial charge in [0.1, 0.15) is 29.9 Å². The van der Waals surface area contributed by atoms with E-state index in [1.54, 1.807) is 36.4 Å². The number of likely N-dealkylation sites (tertiary alicyclic amines) is 1. The first-order valence-electron chi connectivity index (χ1n) is 12.9. The number of carbonyl (C=O) groups is 2. The lowest BCUT2D eigenvalue weighted by Gasteiger charge is -2.28. The monoisotopic (exact) mass is 516 g/mol. The number of hydrogen-bond donors (Lipinski definition) is 1. The maximum Gasteiger partial charge on any atom is 0.295 e. The maximum absolute atomic E-state index is 13.2. The third-order valence-corrected chi connectivity index (χ3v) is 7.11. The van der Waals surface area contributed by atoms with Crippen LogP contribution in [-0.2, 0) is 20.9 Å². The van der Waals surface area contributed by atoms with Crippen LogP contribution in [-0.4, -0.2) is 66.0 Å². The Balaban J connectivity index is 1.34. The predicted molar refractivity (Wildman–Crippen MR) is 142 cm³/mol. The van der Waals surface area contributed by atoms with E-state index in [4.69, 9.17) is 13.9 Å². The van der Waals surface area contributed by atoms with E-state index in [0.29, 0.717) is 49.9 Å². The van der Waals surface area contributed by atoms with Gasteiger partial charge in [0.25, 0.3) is 11.7 Å². The van der Waals surface area contributed by atoms with Crippen molar-refractivity contribution in [3.8, 4) is 5.75 Å². The average Bonchev–Trinajstić information content (AvgIpc) is 3.56. The molecule has 0 saturated carbocycles. The number of carbonyl (C=O) groups excluding carboxylic acids is 2. The summed E-state index contributed by atoms with van der Waals surface area (Å²) in [5.41, 5.74) is 2.70. The molecule has 2 saturated heterocycles. The van der Waals surface area contributed by atoms with E-state index in [9.17, 15) is 14.7 Å². The molecular weight excluding hydrogens is 484 g/mol. The van der Waals surface area contributed by atoms with Crippen LogP contribution >= 0.6 is 0 Å². The maximum atomic E-state index is 13.2. The molecule has 0 spiro atoms. The highest BCUT2D eigenvalue weighted by molar-refractivity contribution is 6.46. The minimum absolute atomic E-state index is 0.0323. The number of benzene rings is 2. The summed E-state index contributed by atoms with van der Waals surface area (Å²) in [4.78, 5) is 30.0. The Morgan fingerprint density at radius 1 is 1.00 bits per heavy atom. The molecule has 38 heavy (non-hydrogen) atoms. The second-order valence-electron chi connectivity index (χ2n) is 9.56. The molecule has 3 heterocycles. The fourth-order valence-corrected chi connectivity index (χ4v) is 4.94. The molecule has 0 bridgehead atoms. The highest BCUT2D eigenvalue weighted by atomic mass is 16.5. The quantitative estimate of drug-likeness (QED) is 0.257. The van der Waals surface area contributed by atoms with Crippen LogP contribution in [0.15, 0.2) is 76.9 Å². The number of Topliss-reactive ketones (excluding diaryl/α,β-unsaturated/α-hetero) is 1. The standard InChI is InChI=1S/C30H32N2O6/c1-21-6-2-3-7-23(21)20-38-24-11-9-22(10-12-24)28(33)26-27(25-8-4-17-37-25)32(30(35)29(26)34)14-5-13-31-15-18-36-19-16-31/h2-4,6-12,17,27,33H,5,13-16,18-20H2,1H3/t27-/m1/s1. The minimum Gasteiger partial charge on any atom is -0.507 e. The van der Waals surface area contributed by atoms with Crippen molar-refractivity contribution in [1.29, 1.82) is 0 Å². The third-order valence-electron chi connectivity index (χ3n) is 7.11. The molecule has 1 atom stereocenters. The summed E-state index contributed by atoms with van der Waals surface area (Å²) in [6.07, 6.45) is 2.20. The summed E-state index contributed by atoms with van der Waals surface area (Å²) in [5.74, 6) is -0.500. The van der Waals surface area contributed by atoms with Gasteiger partial charge in [0.2, 0.25) is 0 Å². The van der Waals surface area contributed by atoms with E-state index >= 15 is 0 Å². The van der Waals surface area contributed by atoms with E-state index in [-0.39, 0.29) is 11.3 Å². The average molecular weight is 517 g/mol. The van der Waals surface area contributed by atoms with Gasteiger partial charge in [0.05, 0.1) is 25.1 Å². The molecule has 1 aromatic heterocycles. The smallest absolute Gasteiger partial charge is 0.295 e. The molecule has 0 radical (unpaired) electrons. The largest absolute Gasteiger partial charge is 0.507 e. The molecule has 3 aromatic rings. The number of furan rings is 1. The summed E-state index contributed by atoms with van der Waals surface area (Å²) >= 11 is 0. The lowest BCUT2D eigenvalue weighted by atomic mass is 9.99. The van der Waals surface area contributed by atoms with Gasteiger partial charge in [0.15, 0.2) is 0 Å². The number of aliphatic hydroxyl groups is 1. The van der Waals surface area contributed by atoms with Crippen molar-refractivity contribution in [3.05, 3.63) is 95.0 Å². The van der Waals surface area contributed by atoms with Crippen molar-refractivity contribution in [2.75, 3.05) is 39.4 Å². The Bertz CT molecular complexity index is 1290. The van der Waals surface area contributed by atoms with E-state index in [2.05, 4.69) is 4.90 Å². The van der Waals surface area contributed by atoms with Crippen LogP contribution in [0.5, 0.6) is 5.75 Å². The molecule has 2 aliphatic rings. The fourth-order valence-electron chi connectivity index (χ4n) is 4.94. The van der Waals surface area contributed by atoms with Crippen LogP contribution in [0.1, 0.15) is 34.9 Å². The van der Waals surface area contributed by atoms with Gasteiger partial charge in [-0.05, 0) is 60.9 Å². The summed E-state index contributed by atoms with van der Waals surface area (Å²) in [5, 5.41) is 11.2. The zero-order valence-corrected chi connectivity index (χ0v) is 21.5. The molecule has 1 N–H and O–H groups in total. The molecule has 0 aliphatic carbocycles. The summed E-state index contributed by atoms with van der Waals surface area (Å²) in [7, 11) is 0. The molecule has 198 valence electrons. The van der Waals surface area contributed by atoms with Crippen molar-refractivity contribution in [1.82, 2.24) is 9.80 Å². The van der Waals surface area contributed by atoms with Crippen LogP contribution in [0.25, 0.3) is 5.76 Å². The number of aryl methyl sites for hydroxylation is 1. The summed E-state index contributed by atoms with van der Waals surface area (Å²) in [6, 6.07) is 17.5. The molecule has 1 amide bonds. The van der Waals surface area contributed by atoms with E-state index in [1.807, 2.05) is 31.2 Å². The second kappa shape index (κ2) is 11.7. The highest BCUT2D eigenvalue weighted by Gasteiger charge is 2.47. The van der Waals surface area contributed by atoms with Gasteiger partial charge in [-0.3, -0.25) is 14.5 Å². The van der Waals surface area contributed by atoms with Crippen molar-refractivity contribution in [3.63, 3.8) is 0 Å². The topological polar surface area (TPSA) is 92.5 Å². The van der Waals surface area contributed by atoms with Crippen LogP contribution < -0.4 is 4.74 Å². The van der Waals surface area contributed by atoms with Gasteiger partial charge in [-0.25, -0.2) is 0 Å². The molecule has 2 aliphatic heterocycles. The van der Waals surface area contributed by atoms with Gasteiger partial charge in [-0.1, -0.05) is 24.3 Å². The second-order valence-corrected chi connectivity index (χ2v) is 9.56. The lowest BCUT2D eigenvalue weighted by molar-refractivity contribution is -0.140. The van der Waals surface area contributed by atoms with Gasteiger partial charge >= 0.3 is 0 Å². The Morgan fingerprint density at radius 3 is 2.47 bits per heavy atom. The molecule has 5 rings (SSSR count). The number of nitrogens with zero attached hydrogens (tertiary/aromatic N) is 2. The first-order valence-corrected chi connectivity index (χ1v) is 12.9. The van der Waals surface area contributed by atoms with Crippen LogP contribution in [0.4, 0.5) is 0 Å². The molecule has 2 fully saturated rings. The Hall–Kier alpha value is -3.88. The number of hydrogen-bond acceptors (Lipinski definition) is 7. The number of amides is 1. The SMILES string of the molecule is Cc1ccccc1COc1ccc(C(O)=C2C(=O)C(=O)N(CCCN3CCOCC3)[C@@H]2c2ccco2)cc1. The lowest BCUT2D eigenvalue weighted by Crippen LogP contribution is -2.38. The normalized spacial score (nSPS) is 19.7. The predicted octanol–water partition coefficient (Wildman–Crippen LogP) is 4.31. The minimum atomic E-state index is -0.785. The van der Waals surface area contributed by atoms with Crippen LogP contribution in [0.3, 0.4) is 0 Å². The number of morpholine rings is 1. The third kappa shape index (κ3) is 5.51. The zero-order chi connectivity index (χ0) is 26.5. The number of aliphatic hydroxyl groups excluding tert-OH is 1. The molecule has 2 aromatic carbocycles. The van der Waals surface area contributed by atoms with Crippen LogP contribution in [0.2, 0.25) is 0 Å². The molecule has 8 nitrogen and oxygen atoms in total. The summed E-state index contributed by atoms with van der Waals surface area (Å²) in [6.45, 7) is 6.73. The zero-order valence-electron chi connectivity index (χ0n) is 21.5. The number of rotatable bonds is 9. The Labute approximate surface area is 222 Å². The van der Waals surface area contributed by atoms with E-state index < -0.39 is 17.7 Å². The van der Waals surface area contributed by atoms with Crippen molar-refractivity contribution >= 4 is 17.4 Å². The Morgan fingerprint density at radius 2 is 1.76 bits per heavy atom. The van der Waals surface area contributed by atoms with E-state index in [1.165, 1.54) is 11.2 Å². The van der Waals surface area contributed by atoms with Crippen molar-refractivity contribution < 1.29 is 28.6 Å². The molecule has 0 unspecified atom stereocenters. The first-order chi connectivity index (χ1) is 18.5. The fraction of sp³-hybridized carbons (Fsp3) is 0.333.